The van der Waals surface area contributed by atoms with Gasteiger partial charge in [-0.1, -0.05) is 0 Å². The van der Waals surface area contributed by atoms with Gasteiger partial charge >= 0.3 is 5.97 Å². The van der Waals surface area contributed by atoms with E-state index in [1.54, 1.807) is 18.7 Å². The number of nitrogens with one attached hydrogen (secondary N) is 1. The van der Waals surface area contributed by atoms with Crippen molar-refractivity contribution in [1.82, 2.24) is 10.3 Å². The molecule has 2 N–H and O–H groups in total. The molecule has 1 aliphatic carbocycles. The van der Waals surface area contributed by atoms with E-state index in [-0.39, 0.29) is 0 Å². The van der Waals surface area contributed by atoms with E-state index < -0.39 is 11.5 Å². The van der Waals surface area contributed by atoms with Crippen LogP contribution in [0.3, 0.4) is 0 Å². The summed E-state index contributed by atoms with van der Waals surface area (Å²) < 4.78 is 0. The molecule has 1 heterocycles. The predicted octanol–water partition coefficient (Wildman–Crippen LogP) is 2.78. The van der Waals surface area contributed by atoms with Gasteiger partial charge in [-0.05, 0) is 57.7 Å². The summed E-state index contributed by atoms with van der Waals surface area (Å²) in [5.74, 6) is -0.0170. The Balaban J connectivity index is 1.90. The zero-order chi connectivity index (χ0) is 14.8. The smallest absolute Gasteiger partial charge is 0.323 e. The number of carboxylic acids is 1. The molecule has 1 saturated carbocycles. The van der Waals surface area contributed by atoms with Gasteiger partial charge in [0.05, 0.1) is 5.03 Å². The van der Waals surface area contributed by atoms with Gasteiger partial charge in [-0.2, -0.15) is 0 Å². The van der Waals surface area contributed by atoms with E-state index in [2.05, 4.69) is 17.2 Å². The highest BCUT2D eigenvalue weighted by Crippen LogP contribution is 2.27. The third-order valence-electron chi connectivity index (χ3n) is 3.50. The SMILES string of the molecule is Cc1cc(C)nc(SCCC(C)(NC2CC2)C(=O)O)c1. The third kappa shape index (κ3) is 4.21. The van der Waals surface area contributed by atoms with E-state index in [1.807, 2.05) is 19.1 Å². The summed E-state index contributed by atoms with van der Waals surface area (Å²) in [7, 11) is 0. The Hall–Kier alpha value is -1.07. The Morgan fingerprint density at radius 3 is 2.75 bits per heavy atom. The van der Waals surface area contributed by atoms with Crippen molar-refractivity contribution in [1.29, 1.82) is 0 Å². The van der Waals surface area contributed by atoms with Gasteiger partial charge in [-0.25, -0.2) is 4.98 Å². The number of carboxylic acid groups (broad SMARTS) is 1. The lowest BCUT2D eigenvalue weighted by Crippen LogP contribution is -2.50. The maximum absolute atomic E-state index is 11.4. The van der Waals surface area contributed by atoms with Crippen LogP contribution >= 0.6 is 11.8 Å². The second-order valence-corrected chi connectivity index (χ2v) is 6.89. The van der Waals surface area contributed by atoms with Crippen molar-refractivity contribution < 1.29 is 9.90 Å². The molecule has 1 aliphatic rings. The van der Waals surface area contributed by atoms with Gasteiger partial charge in [0, 0.05) is 17.5 Å². The van der Waals surface area contributed by atoms with Crippen LogP contribution < -0.4 is 5.32 Å². The number of pyridine rings is 1. The summed E-state index contributed by atoms with van der Waals surface area (Å²) in [5.41, 5.74) is 1.37. The van der Waals surface area contributed by atoms with Crippen LogP contribution in [0.25, 0.3) is 0 Å². The van der Waals surface area contributed by atoms with Gasteiger partial charge in [0.15, 0.2) is 0 Å². The van der Waals surface area contributed by atoms with Crippen molar-refractivity contribution in [3.05, 3.63) is 23.4 Å². The summed E-state index contributed by atoms with van der Waals surface area (Å²) in [6, 6.07) is 4.48. The molecule has 20 heavy (non-hydrogen) atoms. The van der Waals surface area contributed by atoms with Crippen LogP contribution in [0.5, 0.6) is 0 Å². The maximum atomic E-state index is 11.4. The molecule has 0 spiro atoms. The van der Waals surface area contributed by atoms with Crippen LogP contribution in [0.1, 0.15) is 37.4 Å². The lowest BCUT2D eigenvalue weighted by molar-refractivity contribution is -0.144. The van der Waals surface area contributed by atoms with E-state index in [1.165, 1.54) is 5.56 Å². The molecular weight excluding hydrogens is 272 g/mol. The minimum absolute atomic E-state index is 0.389. The Bertz CT molecular complexity index is 482. The molecule has 4 nitrogen and oxygen atoms in total. The fraction of sp³-hybridized carbons (Fsp3) is 0.600. The average Bonchev–Trinajstić information content (AvgIpc) is 3.11. The highest BCUT2D eigenvalue weighted by Gasteiger charge is 2.37. The fourth-order valence-electron chi connectivity index (χ4n) is 2.16. The van der Waals surface area contributed by atoms with Gasteiger partial charge in [0.1, 0.15) is 5.54 Å². The Morgan fingerprint density at radius 2 is 2.20 bits per heavy atom. The van der Waals surface area contributed by atoms with Crippen LogP contribution in [-0.2, 0) is 4.79 Å². The summed E-state index contributed by atoms with van der Waals surface area (Å²) in [4.78, 5) is 15.9. The normalized spacial score (nSPS) is 17.8. The van der Waals surface area contributed by atoms with Crippen LogP contribution in [0.2, 0.25) is 0 Å². The number of thioether (sulfide) groups is 1. The topological polar surface area (TPSA) is 62.2 Å². The van der Waals surface area contributed by atoms with Crippen molar-refractivity contribution in [2.24, 2.45) is 0 Å². The predicted molar refractivity (Wildman–Crippen MR) is 81.3 cm³/mol. The van der Waals surface area contributed by atoms with Crippen LogP contribution in [0.15, 0.2) is 17.2 Å². The molecule has 0 amide bonds. The number of carbonyl (C=O) groups is 1. The second kappa shape index (κ2) is 6.14. The van der Waals surface area contributed by atoms with Gasteiger partial charge in [-0.15, -0.1) is 11.8 Å². The Labute approximate surface area is 124 Å². The molecule has 1 fully saturated rings. The second-order valence-electron chi connectivity index (χ2n) is 5.78. The molecule has 5 heteroatoms. The maximum Gasteiger partial charge on any atom is 0.323 e. The monoisotopic (exact) mass is 294 g/mol. The molecule has 1 aromatic heterocycles. The number of hydrogen-bond acceptors (Lipinski definition) is 4. The summed E-state index contributed by atoms with van der Waals surface area (Å²) >= 11 is 1.63. The van der Waals surface area contributed by atoms with Crippen LogP contribution in [0.4, 0.5) is 0 Å². The third-order valence-corrected chi connectivity index (χ3v) is 4.41. The molecule has 110 valence electrons. The van der Waals surface area contributed by atoms with E-state index in [0.29, 0.717) is 12.5 Å². The van der Waals surface area contributed by atoms with Crippen LogP contribution in [-0.4, -0.2) is 33.4 Å². The molecule has 1 aromatic rings. The van der Waals surface area contributed by atoms with Crippen LogP contribution in [0, 0.1) is 13.8 Å². The number of aromatic nitrogens is 1. The zero-order valence-electron chi connectivity index (χ0n) is 12.3. The quantitative estimate of drug-likeness (QED) is 0.757. The number of hydrogen-bond donors (Lipinski definition) is 2. The number of nitrogens with zero attached hydrogens (tertiary/aromatic N) is 1. The zero-order valence-corrected chi connectivity index (χ0v) is 13.1. The first-order chi connectivity index (χ1) is 9.39. The molecule has 0 saturated heterocycles. The van der Waals surface area contributed by atoms with Crippen molar-refractivity contribution in [2.75, 3.05) is 5.75 Å². The Kier molecular flexibility index (Phi) is 4.70. The summed E-state index contributed by atoms with van der Waals surface area (Å²) in [6.45, 7) is 5.81. The molecule has 1 unspecified atom stereocenters. The molecule has 1 atom stereocenters. The van der Waals surface area contributed by atoms with Gasteiger partial charge < -0.3 is 5.11 Å². The van der Waals surface area contributed by atoms with Gasteiger partial charge in [-0.3, -0.25) is 10.1 Å². The highest BCUT2D eigenvalue weighted by molar-refractivity contribution is 7.99. The first kappa shape index (κ1) is 15.3. The standard InChI is InChI=1S/C15H22N2O2S/c1-10-8-11(2)16-13(9-10)20-7-6-15(3,14(18)19)17-12-4-5-12/h8-9,12,17H,4-7H2,1-3H3,(H,18,19). The molecule has 0 bridgehead atoms. The van der Waals surface area contributed by atoms with Crippen molar-refractivity contribution >= 4 is 17.7 Å². The van der Waals surface area contributed by atoms with Crippen molar-refractivity contribution in [2.45, 2.75) is 56.6 Å². The molecular formula is C15H22N2O2S. The lowest BCUT2D eigenvalue weighted by Gasteiger charge is -2.26. The highest BCUT2D eigenvalue weighted by atomic mass is 32.2. The van der Waals surface area contributed by atoms with Gasteiger partial charge in [0.2, 0.25) is 0 Å². The average molecular weight is 294 g/mol. The van der Waals surface area contributed by atoms with Crippen molar-refractivity contribution in [3.63, 3.8) is 0 Å². The molecule has 0 radical (unpaired) electrons. The molecule has 0 aromatic carbocycles. The van der Waals surface area contributed by atoms with E-state index in [9.17, 15) is 9.90 Å². The fourth-order valence-corrected chi connectivity index (χ4v) is 3.35. The number of aryl methyl sites for hydroxylation is 2. The van der Waals surface area contributed by atoms with Crippen molar-refractivity contribution in [3.8, 4) is 0 Å². The minimum atomic E-state index is -0.826. The lowest BCUT2D eigenvalue weighted by atomic mass is 9.99. The van der Waals surface area contributed by atoms with E-state index in [0.717, 1.165) is 29.3 Å². The summed E-state index contributed by atoms with van der Waals surface area (Å²) in [5, 5.41) is 13.6. The minimum Gasteiger partial charge on any atom is -0.480 e. The summed E-state index contributed by atoms with van der Waals surface area (Å²) in [6.07, 6.45) is 2.78. The van der Waals surface area contributed by atoms with E-state index >= 15 is 0 Å². The molecule has 0 aliphatic heterocycles. The van der Waals surface area contributed by atoms with Gasteiger partial charge in [0.25, 0.3) is 0 Å². The number of aliphatic carboxylic acids is 1. The number of rotatable bonds is 7. The first-order valence-corrected chi connectivity index (χ1v) is 7.97. The first-order valence-electron chi connectivity index (χ1n) is 6.98. The van der Waals surface area contributed by atoms with E-state index in [4.69, 9.17) is 0 Å². The molecule has 2 rings (SSSR count). The largest absolute Gasteiger partial charge is 0.480 e. The Morgan fingerprint density at radius 1 is 1.50 bits per heavy atom.